The fourth-order valence-electron chi connectivity index (χ4n) is 2.89. The van der Waals surface area contributed by atoms with E-state index in [0.717, 1.165) is 48.2 Å². The van der Waals surface area contributed by atoms with Crippen molar-refractivity contribution in [3.05, 3.63) is 47.9 Å². The van der Waals surface area contributed by atoms with E-state index in [4.69, 9.17) is 0 Å². The predicted molar refractivity (Wildman–Crippen MR) is 93.2 cm³/mol. The number of aromatic amines is 1. The Bertz CT molecular complexity index is 709. The molecule has 23 heavy (non-hydrogen) atoms. The Kier molecular flexibility index (Phi) is 4.95. The van der Waals surface area contributed by atoms with Gasteiger partial charge in [-0.3, -0.25) is 4.99 Å². The molecule has 1 aromatic carbocycles. The maximum absolute atomic E-state index is 13.4. The highest BCUT2D eigenvalue weighted by molar-refractivity contribution is 5.83. The molecule has 3 rings (SSSR count). The number of hydrogen-bond acceptors (Lipinski definition) is 1. The lowest BCUT2D eigenvalue weighted by Gasteiger charge is -2.16. The molecule has 0 saturated carbocycles. The van der Waals surface area contributed by atoms with Gasteiger partial charge in [0.1, 0.15) is 5.82 Å². The monoisotopic (exact) mass is 314 g/mol. The average Bonchev–Trinajstić information content (AvgIpc) is 3.17. The van der Waals surface area contributed by atoms with Crippen molar-refractivity contribution in [1.29, 1.82) is 0 Å². The first kappa shape index (κ1) is 15.6. The summed E-state index contributed by atoms with van der Waals surface area (Å²) in [7, 11) is 0. The Morgan fingerprint density at radius 3 is 2.96 bits per heavy atom. The maximum atomic E-state index is 13.4. The van der Waals surface area contributed by atoms with Crippen molar-refractivity contribution in [2.24, 2.45) is 4.99 Å². The molecular weight excluding hydrogens is 291 g/mol. The molecule has 5 heteroatoms. The zero-order chi connectivity index (χ0) is 16.1. The van der Waals surface area contributed by atoms with Gasteiger partial charge in [-0.1, -0.05) is 12.2 Å². The summed E-state index contributed by atoms with van der Waals surface area (Å²) < 4.78 is 13.4. The van der Waals surface area contributed by atoms with Gasteiger partial charge in [0.15, 0.2) is 5.96 Å². The molecule has 0 bridgehead atoms. The van der Waals surface area contributed by atoms with Gasteiger partial charge in [0.2, 0.25) is 0 Å². The van der Waals surface area contributed by atoms with Crippen LogP contribution in [-0.2, 0) is 6.42 Å². The summed E-state index contributed by atoms with van der Waals surface area (Å²) in [6.07, 6.45) is 9.21. The highest BCUT2D eigenvalue weighted by atomic mass is 19.1. The number of nitrogens with zero attached hydrogens (tertiary/aromatic N) is 1. The predicted octanol–water partition coefficient (Wildman–Crippen LogP) is 3.12. The number of halogens is 1. The van der Waals surface area contributed by atoms with E-state index >= 15 is 0 Å². The molecule has 2 aromatic rings. The highest BCUT2D eigenvalue weighted by Gasteiger charge is 2.11. The number of H-pyrrole nitrogens is 1. The summed E-state index contributed by atoms with van der Waals surface area (Å²) in [5.74, 6) is 0.651. The number of guanidine groups is 1. The number of fused-ring (bicyclic) bond motifs is 1. The van der Waals surface area contributed by atoms with E-state index in [9.17, 15) is 4.39 Å². The zero-order valence-electron chi connectivity index (χ0n) is 13.4. The molecule has 1 heterocycles. The summed E-state index contributed by atoms with van der Waals surface area (Å²) in [5, 5.41) is 7.67. The summed E-state index contributed by atoms with van der Waals surface area (Å²) in [6.45, 7) is 3.57. The zero-order valence-corrected chi connectivity index (χ0v) is 13.4. The first-order chi connectivity index (χ1) is 11.3. The Morgan fingerprint density at radius 2 is 2.17 bits per heavy atom. The lowest BCUT2D eigenvalue weighted by atomic mass is 10.1. The first-order valence-electron chi connectivity index (χ1n) is 8.21. The third-order valence-electron chi connectivity index (χ3n) is 4.07. The third-order valence-corrected chi connectivity index (χ3v) is 4.07. The lowest BCUT2D eigenvalue weighted by Crippen LogP contribution is -2.42. The minimum atomic E-state index is -0.203. The molecular formula is C18H23FN4. The summed E-state index contributed by atoms with van der Waals surface area (Å²) in [5.41, 5.74) is 2.06. The molecule has 0 spiro atoms. The van der Waals surface area contributed by atoms with Crippen LogP contribution in [0, 0.1) is 5.82 Å². The Balaban J connectivity index is 1.63. The van der Waals surface area contributed by atoms with Gasteiger partial charge in [-0.05, 0) is 49.9 Å². The van der Waals surface area contributed by atoms with Crippen LogP contribution in [0.5, 0.6) is 0 Å². The van der Waals surface area contributed by atoms with Crippen molar-refractivity contribution in [3.8, 4) is 0 Å². The fraction of sp³-hybridized carbons (Fsp3) is 0.389. The van der Waals surface area contributed by atoms with Gasteiger partial charge in [-0.25, -0.2) is 4.39 Å². The van der Waals surface area contributed by atoms with Crippen LogP contribution in [0.3, 0.4) is 0 Å². The summed E-state index contributed by atoms with van der Waals surface area (Å²) in [6, 6.07) is 5.27. The molecule has 0 fully saturated rings. The molecule has 1 aliphatic rings. The van der Waals surface area contributed by atoms with Crippen LogP contribution in [0.4, 0.5) is 4.39 Å². The standard InChI is InChI=1S/C18H23FN4/c1-2-20-18(23-15-5-3-4-6-15)21-10-9-13-12-22-17-8-7-14(19)11-16(13)17/h3-4,7-8,11-12,15,22H,2,5-6,9-10H2,1H3,(H2,20,21,23). The third kappa shape index (κ3) is 3.92. The number of aromatic nitrogens is 1. The second-order valence-corrected chi connectivity index (χ2v) is 5.80. The smallest absolute Gasteiger partial charge is 0.191 e. The highest BCUT2D eigenvalue weighted by Crippen LogP contribution is 2.19. The second-order valence-electron chi connectivity index (χ2n) is 5.80. The Hall–Kier alpha value is -2.30. The van der Waals surface area contributed by atoms with Crippen LogP contribution in [0.2, 0.25) is 0 Å². The van der Waals surface area contributed by atoms with Crippen molar-refractivity contribution < 1.29 is 4.39 Å². The van der Waals surface area contributed by atoms with Crippen LogP contribution in [-0.4, -0.2) is 30.1 Å². The Morgan fingerprint density at radius 1 is 1.35 bits per heavy atom. The van der Waals surface area contributed by atoms with Crippen LogP contribution < -0.4 is 10.6 Å². The largest absolute Gasteiger partial charge is 0.361 e. The first-order valence-corrected chi connectivity index (χ1v) is 8.21. The summed E-state index contributed by atoms with van der Waals surface area (Å²) >= 11 is 0. The minimum Gasteiger partial charge on any atom is -0.361 e. The molecule has 0 atom stereocenters. The van der Waals surface area contributed by atoms with E-state index in [1.54, 1.807) is 12.1 Å². The van der Waals surface area contributed by atoms with Crippen molar-refractivity contribution >= 4 is 16.9 Å². The van der Waals surface area contributed by atoms with Crippen molar-refractivity contribution in [3.63, 3.8) is 0 Å². The minimum absolute atomic E-state index is 0.203. The van der Waals surface area contributed by atoms with Gasteiger partial charge in [0.25, 0.3) is 0 Å². The van der Waals surface area contributed by atoms with Gasteiger partial charge >= 0.3 is 0 Å². The number of aliphatic imine (C=N–C) groups is 1. The number of rotatable bonds is 5. The number of benzene rings is 1. The van der Waals surface area contributed by atoms with E-state index in [1.165, 1.54) is 6.07 Å². The molecule has 0 saturated heterocycles. The van der Waals surface area contributed by atoms with Gasteiger partial charge in [0.05, 0.1) is 0 Å². The molecule has 3 N–H and O–H groups in total. The van der Waals surface area contributed by atoms with E-state index in [2.05, 4.69) is 39.7 Å². The normalized spacial score (nSPS) is 15.5. The van der Waals surface area contributed by atoms with Crippen LogP contribution >= 0.6 is 0 Å². The van der Waals surface area contributed by atoms with Crippen LogP contribution in [0.1, 0.15) is 25.3 Å². The number of nitrogens with one attached hydrogen (secondary N) is 3. The Labute approximate surface area is 135 Å². The molecule has 0 amide bonds. The molecule has 122 valence electrons. The van der Waals surface area contributed by atoms with Gasteiger partial charge in [0, 0.05) is 36.2 Å². The van der Waals surface area contributed by atoms with Gasteiger partial charge in [-0.15, -0.1) is 0 Å². The van der Waals surface area contributed by atoms with Crippen molar-refractivity contribution in [2.45, 2.75) is 32.2 Å². The summed E-state index contributed by atoms with van der Waals surface area (Å²) in [4.78, 5) is 7.82. The topological polar surface area (TPSA) is 52.2 Å². The van der Waals surface area contributed by atoms with E-state index in [-0.39, 0.29) is 5.82 Å². The van der Waals surface area contributed by atoms with Gasteiger partial charge in [-0.2, -0.15) is 0 Å². The van der Waals surface area contributed by atoms with E-state index in [0.29, 0.717) is 12.6 Å². The molecule has 0 unspecified atom stereocenters. The molecule has 1 aliphatic carbocycles. The number of hydrogen-bond donors (Lipinski definition) is 3. The van der Waals surface area contributed by atoms with Gasteiger partial charge < -0.3 is 15.6 Å². The SMILES string of the molecule is CCNC(=NCCc1c[nH]c2ccc(F)cc12)NC1CC=CC1. The quantitative estimate of drug-likeness (QED) is 0.451. The second kappa shape index (κ2) is 7.31. The van der Waals surface area contributed by atoms with Crippen molar-refractivity contribution in [1.82, 2.24) is 15.6 Å². The van der Waals surface area contributed by atoms with Crippen molar-refractivity contribution in [2.75, 3.05) is 13.1 Å². The van der Waals surface area contributed by atoms with Crippen LogP contribution in [0.15, 0.2) is 41.5 Å². The molecule has 1 aromatic heterocycles. The maximum Gasteiger partial charge on any atom is 0.191 e. The molecule has 0 radical (unpaired) electrons. The molecule has 4 nitrogen and oxygen atoms in total. The van der Waals surface area contributed by atoms with E-state index in [1.807, 2.05) is 6.20 Å². The lowest BCUT2D eigenvalue weighted by molar-refractivity contribution is 0.629. The molecule has 0 aliphatic heterocycles. The van der Waals surface area contributed by atoms with E-state index < -0.39 is 0 Å². The average molecular weight is 314 g/mol. The van der Waals surface area contributed by atoms with Crippen LogP contribution in [0.25, 0.3) is 10.9 Å². The fourth-order valence-corrected chi connectivity index (χ4v) is 2.89.